The smallest absolute Gasteiger partial charge is 0.287 e. The van der Waals surface area contributed by atoms with E-state index in [-0.39, 0.29) is 29.9 Å². The molecular formula is C19H27IN4O2S. The predicted octanol–water partition coefficient (Wildman–Crippen LogP) is 3.28. The first-order valence-corrected chi connectivity index (χ1v) is 9.64. The van der Waals surface area contributed by atoms with E-state index >= 15 is 0 Å². The number of halogens is 1. The Morgan fingerprint density at radius 2 is 1.78 bits per heavy atom. The molecule has 8 heteroatoms. The molecule has 2 aromatic rings. The molecule has 0 unspecified atom stereocenters. The number of rotatable bonds is 9. The van der Waals surface area contributed by atoms with Gasteiger partial charge in [-0.25, -0.2) is 0 Å². The van der Waals surface area contributed by atoms with E-state index < -0.39 is 0 Å². The fourth-order valence-electron chi connectivity index (χ4n) is 2.26. The van der Waals surface area contributed by atoms with Crippen molar-refractivity contribution in [1.29, 1.82) is 0 Å². The summed E-state index contributed by atoms with van der Waals surface area (Å²) in [5.74, 6) is 1.94. The van der Waals surface area contributed by atoms with Gasteiger partial charge in [0, 0.05) is 42.9 Å². The van der Waals surface area contributed by atoms with Crippen LogP contribution in [0, 0.1) is 6.92 Å². The van der Waals surface area contributed by atoms with Crippen LogP contribution in [0.3, 0.4) is 0 Å². The number of amides is 1. The molecule has 1 aromatic heterocycles. The van der Waals surface area contributed by atoms with Gasteiger partial charge in [0.15, 0.2) is 11.7 Å². The Labute approximate surface area is 182 Å². The van der Waals surface area contributed by atoms with Crippen LogP contribution < -0.4 is 16.0 Å². The van der Waals surface area contributed by atoms with Gasteiger partial charge >= 0.3 is 0 Å². The van der Waals surface area contributed by atoms with Crippen molar-refractivity contribution in [3.05, 3.63) is 54.0 Å². The van der Waals surface area contributed by atoms with Crippen LogP contribution in [0.5, 0.6) is 0 Å². The van der Waals surface area contributed by atoms with Gasteiger partial charge in [-0.2, -0.15) is 0 Å². The molecule has 1 aromatic carbocycles. The van der Waals surface area contributed by atoms with Gasteiger partial charge in [-0.1, -0.05) is 18.2 Å². The average molecular weight is 502 g/mol. The van der Waals surface area contributed by atoms with Crippen LogP contribution in [0.15, 0.2) is 57.0 Å². The van der Waals surface area contributed by atoms with Crippen molar-refractivity contribution in [3.63, 3.8) is 0 Å². The summed E-state index contributed by atoms with van der Waals surface area (Å²) in [6.07, 6.45) is 2.32. The molecule has 6 nitrogen and oxygen atoms in total. The molecular weight excluding hydrogens is 475 g/mol. The van der Waals surface area contributed by atoms with Crippen molar-refractivity contribution < 1.29 is 9.21 Å². The highest BCUT2D eigenvalue weighted by Gasteiger charge is 2.11. The second-order valence-electron chi connectivity index (χ2n) is 5.63. The first-order chi connectivity index (χ1) is 12.7. The third kappa shape index (κ3) is 8.70. The monoisotopic (exact) mass is 502 g/mol. The number of aliphatic imine (C=N–C) groups is 1. The van der Waals surface area contributed by atoms with Crippen LogP contribution >= 0.6 is 35.7 Å². The number of carbonyl (C=O) groups excluding carboxylic acids is 1. The summed E-state index contributed by atoms with van der Waals surface area (Å²) < 4.78 is 5.17. The van der Waals surface area contributed by atoms with Gasteiger partial charge in [-0.15, -0.1) is 35.7 Å². The molecule has 0 aliphatic carbocycles. The quantitative estimate of drug-likeness (QED) is 0.161. The molecule has 0 atom stereocenters. The number of furan rings is 1. The van der Waals surface area contributed by atoms with E-state index in [1.54, 1.807) is 24.9 Å². The maximum atomic E-state index is 11.9. The van der Waals surface area contributed by atoms with Crippen molar-refractivity contribution in [2.45, 2.75) is 18.2 Å². The lowest BCUT2D eigenvalue weighted by molar-refractivity contribution is 0.0925. The number of aryl methyl sites for hydroxylation is 1. The van der Waals surface area contributed by atoms with Gasteiger partial charge in [-0.05, 0) is 31.5 Å². The molecule has 0 aliphatic heterocycles. The van der Waals surface area contributed by atoms with Crippen LogP contribution in [-0.2, 0) is 0 Å². The van der Waals surface area contributed by atoms with E-state index in [1.807, 2.05) is 25.1 Å². The number of hydrogen-bond acceptors (Lipinski definition) is 4. The Hall–Kier alpha value is -1.68. The largest absolute Gasteiger partial charge is 0.459 e. The molecule has 0 bridgehead atoms. The molecule has 0 saturated carbocycles. The molecule has 1 amide bonds. The fraction of sp³-hybridized carbons (Fsp3) is 0.368. The van der Waals surface area contributed by atoms with E-state index in [0.29, 0.717) is 12.3 Å². The summed E-state index contributed by atoms with van der Waals surface area (Å²) in [4.78, 5) is 17.4. The van der Waals surface area contributed by atoms with Crippen molar-refractivity contribution in [2.24, 2.45) is 4.99 Å². The number of guanidine groups is 1. The summed E-state index contributed by atoms with van der Waals surface area (Å²) in [5.41, 5.74) is 0.846. The Bertz CT molecular complexity index is 707. The van der Waals surface area contributed by atoms with Gasteiger partial charge in [0.25, 0.3) is 5.91 Å². The van der Waals surface area contributed by atoms with Crippen LogP contribution in [0.2, 0.25) is 0 Å². The predicted molar refractivity (Wildman–Crippen MR) is 122 cm³/mol. The van der Waals surface area contributed by atoms with E-state index in [0.717, 1.165) is 36.8 Å². The van der Waals surface area contributed by atoms with Crippen LogP contribution in [-0.4, -0.2) is 44.3 Å². The fourth-order valence-corrected chi connectivity index (χ4v) is 3.05. The standard InChI is InChI=1S/C19H26N4O2S.HI/c1-15-9-13-25-17(15)18(24)21-10-6-11-22-19(20-2)23-12-14-26-16-7-4-3-5-8-16;/h3-5,7-9,13H,6,10-12,14H2,1-2H3,(H,21,24)(H2,20,22,23);1H. The summed E-state index contributed by atoms with van der Waals surface area (Å²) in [7, 11) is 1.75. The normalized spacial score (nSPS) is 10.8. The summed E-state index contributed by atoms with van der Waals surface area (Å²) in [6, 6.07) is 12.1. The molecule has 27 heavy (non-hydrogen) atoms. The Morgan fingerprint density at radius 1 is 1.07 bits per heavy atom. The third-order valence-electron chi connectivity index (χ3n) is 3.63. The lowest BCUT2D eigenvalue weighted by Gasteiger charge is -2.12. The van der Waals surface area contributed by atoms with Crippen LogP contribution in [0.25, 0.3) is 0 Å². The highest BCUT2D eigenvalue weighted by molar-refractivity contribution is 14.0. The van der Waals surface area contributed by atoms with Crippen molar-refractivity contribution in [1.82, 2.24) is 16.0 Å². The summed E-state index contributed by atoms with van der Waals surface area (Å²) >= 11 is 1.81. The average Bonchev–Trinajstić information content (AvgIpc) is 3.10. The molecule has 0 saturated heterocycles. The van der Waals surface area contributed by atoms with Crippen molar-refractivity contribution in [2.75, 3.05) is 32.4 Å². The SMILES string of the molecule is CN=C(NCCCNC(=O)c1occc1C)NCCSc1ccccc1.I. The Kier molecular flexibility index (Phi) is 11.7. The topological polar surface area (TPSA) is 78.7 Å². The first kappa shape index (κ1) is 23.4. The molecule has 3 N–H and O–H groups in total. The lowest BCUT2D eigenvalue weighted by atomic mass is 10.2. The Morgan fingerprint density at radius 3 is 2.44 bits per heavy atom. The molecule has 1 heterocycles. The van der Waals surface area contributed by atoms with Crippen molar-refractivity contribution >= 4 is 47.6 Å². The summed E-state index contributed by atoms with van der Waals surface area (Å²) in [5, 5.41) is 9.38. The van der Waals surface area contributed by atoms with Gasteiger partial charge in [0.2, 0.25) is 0 Å². The van der Waals surface area contributed by atoms with Gasteiger partial charge in [0.05, 0.1) is 6.26 Å². The minimum atomic E-state index is -0.173. The Balaban J connectivity index is 0.00000364. The second-order valence-corrected chi connectivity index (χ2v) is 6.80. The van der Waals surface area contributed by atoms with Gasteiger partial charge in [0.1, 0.15) is 0 Å². The zero-order chi connectivity index (χ0) is 18.6. The number of hydrogen-bond donors (Lipinski definition) is 3. The molecule has 0 radical (unpaired) electrons. The number of nitrogens with one attached hydrogen (secondary N) is 3. The minimum absolute atomic E-state index is 0. The number of carbonyl (C=O) groups is 1. The molecule has 2 rings (SSSR count). The van der Waals surface area contributed by atoms with E-state index in [9.17, 15) is 4.79 Å². The minimum Gasteiger partial charge on any atom is -0.459 e. The van der Waals surface area contributed by atoms with E-state index in [4.69, 9.17) is 4.42 Å². The first-order valence-electron chi connectivity index (χ1n) is 8.65. The number of benzene rings is 1. The van der Waals surface area contributed by atoms with Gasteiger partial charge < -0.3 is 20.4 Å². The lowest BCUT2D eigenvalue weighted by Crippen LogP contribution is -2.39. The molecule has 0 fully saturated rings. The van der Waals surface area contributed by atoms with Crippen LogP contribution in [0.1, 0.15) is 22.5 Å². The van der Waals surface area contributed by atoms with Gasteiger partial charge in [-0.3, -0.25) is 9.79 Å². The summed E-state index contributed by atoms with van der Waals surface area (Å²) in [6.45, 7) is 3.98. The molecule has 0 spiro atoms. The second kappa shape index (κ2) is 13.5. The molecule has 148 valence electrons. The van der Waals surface area contributed by atoms with E-state index in [1.165, 1.54) is 11.2 Å². The van der Waals surface area contributed by atoms with E-state index in [2.05, 4.69) is 33.1 Å². The molecule has 0 aliphatic rings. The highest BCUT2D eigenvalue weighted by atomic mass is 127. The highest BCUT2D eigenvalue weighted by Crippen LogP contribution is 2.15. The maximum Gasteiger partial charge on any atom is 0.287 e. The zero-order valence-electron chi connectivity index (χ0n) is 15.7. The van der Waals surface area contributed by atoms with Crippen molar-refractivity contribution in [3.8, 4) is 0 Å². The maximum absolute atomic E-state index is 11.9. The third-order valence-corrected chi connectivity index (χ3v) is 4.64. The number of thioether (sulfide) groups is 1. The number of nitrogens with zero attached hydrogens (tertiary/aromatic N) is 1. The van der Waals surface area contributed by atoms with Crippen LogP contribution in [0.4, 0.5) is 0 Å². The zero-order valence-corrected chi connectivity index (χ0v) is 18.8.